The normalized spacial score (nSPS) is 14.9. The number of nitrogens with zero attached hydrogens (tertiary/aromatic N) is 2. The number of carbonyl (C=O) groups is 2. The van der Waals surface area contributed by atoms with Gasteiger partial charge < -0.3 is 18.6 Å². The van der Waals surface area contributed by atoms with Gasteiger partial charge in [0.2, 0.25) is 0 Å². The van der Waals surface area contributed by atoms with Gasteiger partial charge in [-0.2, -0.15) is 0 Å². The Bertz CT molecular complexity index is 1870. The minimum atomic E-state index is -0.859. The molecule has 0 spiro atoms. The maximum absolute atomic E-state index is 13.9. The first kappa shape index (κ1) is 28.3. The molecule has 0 saturated heterocycles. The van der Waals surface area contributed by atoms with Gasteiger partial charge in [-0.3, -0.25) is 14.2 Å². The summed E-state index contributed by atoms with van der Waals surface area (Å²) in [6.07, 6.45) is 1.66. The molecule has 3 heterocycles. The largest absolute Gasteiger partial charge is 0.493 e. The standard InChI is InChI=1S/C30H25BrN2O7S/c1-5-38-29(36)26-16(2)32-30-33(27(26)19-8-12-23(39-17(3)34)24(14-19)37-4)28(35)25(41-30)15-21-11-13-22(40-21)18-6-9-20(31)10-7-18/h6-15,27H,5H2,1-4H3/b25-15-/t27-/m1/s1. The predicted octanol–water partition coefficient (Wildman–Crippen LogP) is 4.75. The molecule has 0 unspecified atom stereocenters. The van der Waals surface area contributed by atoms with Crippen LogP contribution in [0.15, 0.2) is 84.5 Å². The van der Waals surface area contributed by atoms with Crippen molar-refractivity contribution in [2.75, 3.05) is 13.7 Å². The van der Waals surface area contributed by atoms with E-state index in [1.165, 1.54) is 29.9 Å². The van der Waals surface area contributed by atoms with Crippen molar-refractivity contribution >= 4 is 45.3 Å². The third kappa shape index (κ3) is 5.68. The van der Waals surface area contributed by atoms with Crippen LogP contribution < -0.4 is 24.4 Å². The number of allylic oxidation sites excluding steroid dienone is 1. The number of furan rings is 1. The number of fused-ring (bicyclic) bond motifs is 1. The molecule has 0 amide bonds. The van der Waals surface area contributed by atoms with Crippen LogP contribution in [0.3, 0.4) is 0 Å². The summed E-state index contributed by atoms with van der Waals surface area (Å²) in [4.78, 5) is 43.6. The predicted molar refractivity (Wildman–Crippen MR) is 157 cm³/mol. The molecule has 41 heavy (non-hydrogen) atoms. The number of methoxy groups -OCH3 is 1. The number of thiazole rings is 1. The second kappa shape index (κ2) is 11.7. The Kier molecular flexibility index (Phi) is 8.09. The molecule has 4 aromatic rings. The lowest BCUT2D eigenvalue weighted by atomic mass is 9.95. The zero-order chi connectivity index (χ0) is 29.3. The van der Waals surface area contributed by atoms with Gasteiger partial charge in [-0.25, -0.2) is 9.79 Å². The summed E-state index contributed by atoms with van der Waals surface area (Å²) in [6, 6.07) is 15.4. The number of carbonyl (C=O) groups excluding carboxylic acids is 2. The second-order valence-corrected chi connectivity index (χ2v) is 10.9. The first-order valence-corrected chi connectivity index (χ1v) is 14.2. The number of rotatable bonds is 7. The second-order valence-electron chi connectivity index (χ2n) is 9.02. The van der Waals surface area contributed by atoms with Crippen molar-refractivity contribution in [3.05, 3.63) is 101 Å². The zero-order valence-electron chi connectivity index (χ0n) is 22.6. The Hall–Kier alpha value is -4.22. The Balaban J connectivity index is 1.64. The van der Waals surface area contributed by atoms with Crippen LogP contribution in [0.2, 0.25) is 0 Å². The highest BCUT2D eigenvalue weighted by atomic mass is 79.9. The highest BCUT2D eigenvalue weighted by Crippen LogP contribution is 2.36. The molecule has 0 aliphatic carbocycles. The summed E-state index contributed by atoms with van der Waals surface area (Å²) < 4.78 is 24.9. The van der Waals surface area contributed by atoms with Crippen LogP contribution in [0.4, 0.5) is 0 Å². The fourth-order valence-electron chi connectivity index (χ4n) is 4.53. The van der Waals surface area contributed by atoms with Crippen LogP contribution in [0.1, 0.15) is 38.1 Å². The molecular weight excluding hydrogens is 612 g/mol. The van der Waals surface area contributed by atoms with Gasteiger partial charge in [0, 0.05) is 23.0 Å². The minimum Gasteiger partial charge on any atom is -0.493 e. The van der Waals surface area contributed by atoms with E-state index in [9.17, 15) is 14.4 Å². The number of ether oxygens (including phenoxy) is 3. The molecule has 1 atom stereocenters. The monoisotopic (exact) mass is 636 g/mol. The molecule has 9 nitrogen and oxygen atoms in total. The van der Waals surface area contributed by atoms with Gasteiger partial charge in [-0.1, -0.05) is 45.5 Å². The van der Waals surface area contributed by atoms with Crippen molar-refractivity contribution in [2.45, 2.75) is 26.8 Å². The Morgan fingerprint density at radius 1 is 1.12 bits per heavy atom. The summed E-state index contributed by atoms with van der Waals surface area (Å²) in [5.74, 6) is 0.561. The van der Waals surface area contributed by atoms with Crippen LogP contribution in [-0.4, -0.2) is 30.2 Å². The van der Waals surface area contributed by atoms with Crippen LogP contribution in [0.25, 0.3) is 17.4 Å². The number of hydrogen-bond acceptors (Lipinski definition) is 9. The van der Waals surface area contributed by atoms with Crippen LogP contribution >= 0.6 is 27.3 Å². The smallest absolute Gasteiger partial charge is 0.338 e. The molecule has 5 rings (SSSR count). The highest BCUT2D eigenvalue weighted by molar-refractivity contribution is 9.10. The van der Waals surface area contributed by atoms with Crippen LogP contribution in [-0.2, 0) is 14.3 Å². The Labute approximate surface area is 247 Å². The lowest BCUT2D eigenvalue weighted by Gasteiger charge is -2.25. The molecular formula is C30H25BrN2O7S. The number of esters is 2. The highest BCUT2D eigenvalue weighted by Gasteiger charge is 2.34. The van der Waals surface area contributed by atoms with Crippen molar-refractivity contribution in [1.29, 1.82) is 0 Å². The Morgan fingerprint density at radius 2 is 1.88 bits per heavy atom. The number of benzene rings is 2. The summed E-state index contributed by atoms with van der Waals surface area (Å²) in [6.45, 7) is 4.86. The number of aromatic nitrogens is 1. The number of halogens is 1. The average molecular weight is 638 g/mol. The van der Waals surface area contributed by atoms with Crippen molar-refractivity contribution < 1.29 is 28.2 Å². The molecule has 0 N–H and O–H groups in total. The maximum Gasteiger partial charge on any atom is 0.338 e. The van der Waals surface area contributed by atoms with Gasteiger partial charge in [-0.05, 0) is 55.8 Å². The summed E-state index contributed by atoms with van der Waals surface area (Å²) >= 11 is 4.62. The molecule has 0 bridgehead atoms. The van der Waals surface area contributed by atoms with E-state index in [1.54, 1.807) is 44.2 Å². The quantitative estimate of drug-likeness (QED) is 0.213. The summed E-state index contributed by atoms with van der Waals surface area (Å²) in [5.41, 5.74) is 1.76. The summed E-state index contributed by atoms with van der Waals surface area (Å²) in [7, 11) is 1.44. The van der Waals surface area contributed by atoms with E-state index < -0.39 is 18.0 Å². The molecule has 1 aliphatic heterocycles. The summed E-state index contributed by atoms with van der Waals surface area (Å²) in [5, 5.41) is 0. The van der Waals surface area contributed by atoms with E-state index in [1.807, 2.05) is 30.3 Å². The van der Waals surface area contributed by atoms with Crippen molar-refractivity contribution in [2.24, 2.45) is 4.99 Å². The van der Waals surface area contributed by atoms with E-state index in [0.717, 1.165) is 10.0 Å². The van der Waals surface area contributed by atoms with Gasteiger partial charge in [-0.15, -0.1) is 0 Å². The van der Waals surface area contributed by atoms with Gasteiger partial charge >= 0.3 is 11.9 Å². The molecule has 1 aliphatic rings. The SMILES string of the molecule is CCOC(=O)C1=C(C)N=c2s/c(=C\c3ccc(-c4ccc(Br)cc4)o3)c(=O)n2[C@@H]1c1ccc(OC(C)=O)c(OC)c1. The van der Waals surface area contributed by atoms with Gasteiger partial charge in [0.15, 0.2) is 16.3 Å². The fourth-order valence-corrected chi connectivity index (χ4v) is 5.82. The van der Waals surface area contributed by atoms with Gasteiger partial charge in [0.25, 0.3) is 5.56 Å². The van der Waals surface area contributed by atoms with E-state index in [0.29, 0.717) is 32.1 Å². The molecule has 11 heteroatoms. The van der Waals surface area contributed by atoms with E-state index >= 15 is 0 Å². The molecule has 0 fully saturated rings. The lowest BCUT2D eigenvalue weighted by molar-refractivity contribution is -0.139. The molecule has 2 aromatic carbocycles. The van der Waals surface area contributed by atoms with Crippen molar-refractivity contribution in [1.82, 2.24) is 4.57 Å². The van der Waals surface area contributed by atoms with Crippen molar-refractivity contribution in [3.8, 4) is 22.8 Å². The molecule has 210 valence electrons. The maximum atomic E-state index is 13.9. The molecule has 0 radical (unpaired) electrons. The first-order valence-electron chi connectivity index (χ1n) is 12.6. The third-order valence-electron chi connectivity index (χ3n) is 6.30. The van der Waals surface area contributed by atoms with Crippen LogP contribution in [0, 0.1) is 0 Å². The van der Waals surface area contributed by atoms with Gasteiger partial charge in [0.05, 0.1) is 35.6 Å². The number of hydrogen-bond donors (Lipinski definition) is 0. The Morgan fingerprint density at radius 3 is 2.56 bits per heavy atom. The van der Waals surface area contributed by atoms with E-state index in [4.69, 9.17) is 18.6 Å². The zero-order valence-corrected chi connectivity index (χ0v) is 25.0. The fraction of sp³-hybridized carbons (Fsp3) is 0.200. The molecule has 0 saturated carbocycles. The van der Waals surface area contributed by atoms with E-state index in [-0.39, 0.29) is 29.2 Å². The van der Waals surface area contributed by atoms with Crippen molar-refractivity contribution in [3.63, 3.8) is 0 Å². The average Bonchev–Trinajstić information content (AvgIpc) is 3.52. The van der Waals surface area contributed by atoms with E-state index in [2.05, 4.69) is 20.9 Å². The minimum absolute atomic E-state index is 0.153. The first-order chi connectivity index (χ1) is 19.7. The lowest BCUT2D eigenvalue weighted by Crippen LogP contribution is -2.39. The molecule has 2 aromatic heterocycles. The third-order valence-corrected chi connectivity index (χ3v) is 7.81. The topological polar surface area (TPSA) is 109 Å². The van der Waals surface area contributed by atoms with Crippen LogP contribution in [0.5, 0.6) is 11.5 Å². The van der Waals surface area contributed by atoms with Gasteiger partial charge in [0.1, 0.15) is 11.5 Å².